The van der Waals surface area contributed by atoms with E-state index >= 15 is 0 Å². The van der Waals surface area contributed by atoms with Gasteiger partial charge in [-0.2, -0.15) is 5.10 Å². The van der Waals surface area contributed by atoms with Crippen LogP contribution in [0.3, 0.4) is 0 Å². The van der Waals surface area contributed by atoms with Gasteiger partial charge in [0.15, 0.2) is 5.65 Å². The molecule has 0 atom stereocenters. The SMILES string of the molecule is COC(=O)c1ccc(OC)c(-c2n[nH]c3ncc(-c4cccc(C(=O)N5CCOCC5)c4)cc23)c1. The smallest absolute Gasteiger partial charge is 0.337 e. The number of amides is 1. The number of morpholine rings is 1. The van der Waals surface area contributed by atoms with Crippen LogP contribution in [0.5, 0.6) is 5.75 Å². The van der Waals surface area contributed by atoms with Crippen molar-refractivity contribution in [1.29, 1.82) is 0 Å². The van der Waals surface area contributed by atoms with Gasteiger partial charge in [-0.05, 0) is 42.0 Å². The topological polar surface area (TPSA) is 107 Å². The van der Waals surface area contributed by atoms with Crippen LogP contribution >= 0.6 is 0 Å². The maximum atomic E-state index is 13.0. The van der Waals surface area contributed by atoms with E-state index in [1.54, 1.807) is 36.4 Å². The van der Waals surface area contributed by atoms with E-state index in [0.717, 1.165) is 16.5 Å². The molecule has 0 radical (unpaired) electrons. The van der Waals surface area contributed by atoms with Crippen LogP contribution < -0.4 is 4.74 Å². The van der Waals surface area contributed by atoms with Crippen molar-refractivity contribution in [3.63, 3.8) is 0 Å². The average molecular weight is 473 g/mol. The molecule has 3 heterocycles. The van der Waals surface area contributed by atoms with Crippen LogP contribution in [0.2, 0.25) is 0 Å². The van der Waals surface area contributed by atoms with E-state index in [1.165, 1.54) is 7.11 Å². The number of aromatic nitrogens is 3. The summed E-state index contributed by atoms with van der Waals surface area (Å²) in [5, 5.41) is 8.15. The number of ether oxygens (including phenoxy) is 3. The normalized spacial score (nSPS) is 13.6. The Hall–Kier alpha value is -4.24. The molecule has 178 valence electrons. The Morgan fingerprint density at radius 3 is 2.60 bits per heavy atom. The van der Waals surface area contributed by atoms with E-state index in [4.69, 9.17) is 14.2 Å². The lowest BCUT2D eigenvalue weighted by atomic mass is 10.0. The first-order valence-electron chi connectivity index (χ1n) is 11.2. The number of carbonyl (C=O) groups is 2. The molecule has 1 aliphatic heterocycles. The van der Waals surface area contributed by atoms with Gasteiger partial charge < -0.3 is 19.1 Å². The number of rotatable bonds is 5. The lowest BCUT2D eigenvalue weighted by molar-refractivity contribution is 0.0303. The van der Waals surface area contributed by atoms with Crippen LogP contribution in [-0.2, 0) is 9.47 Å². The molecule has 1 saturated heterocycles. The van der Waals surface area contributed by atoms with Crippen molar-refractivity contribution in [3.8, 4) is 28.1 Å². The maximum absolute atomic E-state index is 13.0. The van der Waals surface area contributed by atoms with Crippen LogP contribution in [0.4, 0.5) is 0 Å². The third-order valence-corrected chi connectivity index (χ3v) is 6.03. The molecule has 0 aliphatic carbocycles. The lowest BCUT2D eigenvalue weighted by Gasteiger charge is -2.27. The first kappa shape index (κ1) is 22.5. The summed E-state index contributed by atoms with van der Waals surface area (Å²) in [7, 11) is 2.90. The van der Waals surface area contributed by atoms with Crippen LogP contribution in [0.15, 0.2) is 54.7 Å². The quantitative estimate of drug-likeness (QED) is 0.443. The second-order valence-corrected chi connectivity index (χ2v) is 8.08. The van der Waals surface area contributed by atoms with Gasteiger partial charge in [0.05, 0.1) is 33.0 Å². The molecule has 9 nitrogen and oxygen atoms in total. The molecular weight excluding hydrogens is 448 g/mol. The number of fused-ring (bicyclic) bond motifs is 1. The van der Waals surface area contributed by atoms with Crippen molar-refractivity contribution in [2.45, 2.75) is 0 Å². The summed E-state index contributed by atoms with van der Waals surface area (Å²) in [5.74, 6) is 0.0985. The number of nitrogens with zero attached hydrogens (tertiary/aromatic N) is 3. The van der Waals surface area contributed by atoms with Gasteiger partial charge in [-0.1, -0.05) is 12.1 Å². The van der Waals surface area contributed by atoms with Gasteiger partial charge in [0.1, 0.15) is 11.4 Å². The number of hydrogen-bond acceptors (Lipinski definition) is 7. The summed E-state index contributed by atoms with van der Waals surface area (Å²) in [6, 6.07) is 14.5. The van der Waals surface area contributed by atoms with Gasteiger partial charge in [-0.3, -0.25) is 9.89 Å². The molecule has 0 bridgehead atoms. The number of methoxy groups -OCH3 is 2. The molecule has 1 N–H and O–H groups in total. The molecule has 9 heteroatoms. The van der Waals surface area contributed by atoms with E-state index in [9.17, 15) is 9.59 Å². The van der Waals surface area contributed by atoms with Crippen molar-refractivity contribution in [2.24, 2.45) is 0 Å². The van der Waals surface area contributed by atoms with Crippen LogP contribution in [0.1, 0.15) is 20.7 Å². The molecule has 1 aliphatic rings. The minimum Gasteiger partial charge on any atom is -0.496 e. The van der Waals surface area contributed by atoms with Crippen molar-refractivity contribution in [3.05, 3.63) is 65.9 Å². The van der Waals surface area contributed by atoms with Gasteiger partial charge in [0.25, 0.3) is 5.91 Å². The standard InChI is InChI=1S/C26H24N4O5/c1-33-22-7-6-18(26(32)34-2)13-20(22)23-21-14-19(15-27-24(21)29-28-23)16-4-3-5-17(12-16)25(31)30-8-10-35-11-9-30/h3-7,12-15H,8-11H2,1-2H3,(H,27,28,29). The molecule has 0 unspecified atom stereocenters. The molecule has 4 aromatic rings. The van der Waals surface area contributed by atoms with E-state index in [1.807, 2.05) is 30.3 Å². The zero-order valence-electron chi connectivity index (χ0n) is 19.4. The highest BCUT2D eigenvalue weighted by Crippen LogP contribution is 2.35. The molecule has 1 amide bonds. The molecule has 1 fully saturated rings. The number of aromatic amines is 1. The van der Waals surface area contributed by atoms with Gasteiger partial charge in [0, 0.05) is 41.4 Å². The average Bonchev–Trinajstić information content (AvgIpc) is 3.35. The summed E-state index contributed by atoms with van der Waals surface area (Å²) in [5.41, 5.74) is 4.52. The third-order valence-electron chi connectivity index (χ3n) is 6.03. The van der Waals surface area contributed by atoms with Gasteiger partial charge in [0.2, 0.25) is 0 Å². The highest BCUT2D eigenvalue weighted by molar-refractivity contribution is 5.99. The summed E-state index contributed by atoms with van der Waals surface area (Å²) in [6.07, 6.45) is 1.74. The minimum absolute atomic E-state index is 0.0162. The summed E-state index contributed by atoms with van der Waals surface area (Å²) in [6.45, 7) is 2.27. The highest BCUT2D eigenvalue weighted by Gasteiger charge is 2.20. The van der Waals surface area contributed by atoms with E-state index in [0.29, 0.717) is 60.1 Å². The number of hydrogen-bond donors (Lipinski definition) is 1. The minimum atomic E-state index is -0.450. The fraction of sp³-hybridized carbons (Fsp3) is 0.231. The zero-order valence-corrected chi connectivity index (χ0v) is 19.4. The molecular formula is C26H24N4O5. The molecule has 0 spiro atoms. The van der Waals surface area contributed by atoms with Crippen LogP contribution in [0.25, 0.3) is 33.4 Å². The van der Waals surface area contributed by atoms with Crippen LogP contribution in [0, 0.1) is 0 Å². The maximum Gasteiger partial charge on any atom is 0.337 e. The second-order valence-electron chi connectivity index (χ2n) is 8.08. The largest absolute Gasteiger partial charge is 0.496 e. The number of carbonyl (C=O) groups excluding carboxylic acids is 2. The number of nitrogens with one attached hydrogen (secondary N) is 1. The van der Waals surface area contributed by atoms with Gasteiger partial charge in [-0.15, -0.1) is 0 Å². The predicted molar refractivity (Wildman–Crippen MR) is 129 cm³/mol. The number of esters is 1. The monoisotopic (exact) mass is 472 g/mol. The Labute approximate surface area is 201 Å². The summed E-state index contributed by atoms with van der Waals surface area (Å²) in [4.78, 5) is 31.4. The van der Waals surface area contributed by atoms with Gasteiger partial charge >= 0.3 is 5.97 Å². The van der Waals surface area contributed by atoms with E-state index < -0.39 is 5.97 Å². The molecule has 2 aromatic heterocycles. The highest BCUT2D eigenvalue weighted by atomic mass is 16.5. The summed E-state index contributed by atoms with van der Waals surface area (Å²) >= 11 is 0. The van der Waals surface area contributed by atoms with Crippen LogP contribution in [-0.4, -0.2) is 72.5 Å². The molecule has 35 heavy (non-hydrogen) atoms. The third kappa shape index (κ3) is 4.33. The van der Waals surface area contributed by atoms with E-state index in [2.05, 4.69) is 15.2 Å². The fourth-order valence-corrected chi connectivity index (χ4v) is 4.19. The molecule has 2 aromatic carbocycles. The zero-order chi connectivity index (χ0) is 24.4. The van der Waals surface area contributed by atoms with Crippen molar-refractivity contribution in [2.75, 3.05) is 40.5 Å². The Morgan fingerprint density at radius 1 is 1.00 bits per heavy atom. The van der Waals surface area contributed by atoms with Crippen molar-refractivity contribution >= 4 is 22.9 Å². The second kappa shape index (κ2) is 9.55. The van der Waals surface area contributed by atoms with Crippen molar-refractivity contribution < 1.29 is 23.8 Å². The molecule has 0 saturated carbocycles. The fourth-order valence-electron chi connectivity index (χ4n) is 4.19. The number of benzene rings is 2. The Kier molecular flexibility index (Phi) is 6.15. The number of H-pyrrole nitrogens is 1. The first-order valence-corrected chi connectivity index (χ1v) is 11.2. The predicted octanol–water partition coefficient (Wildman–Crippen LogP) is 3.56. The van der Waals surface area contributed by atoms with Crippen molar-refractivity contribution in [1.82, 2.24) is 20.1 Å². The Bertz CT molecular complexity index is 1410. The first-order chi connectivity index (χ1) is 17.1. The summed E-state index contributed by atoms with van der Waals surface area (Å²) < 4.78 is 15.7. The lowest BCUT2D eigenvalue weighted by Crippen LogP contribution is -2.40. The Morgan fingerprint density at radius 2 is 1.83 bits per heavy atom. The molecule has 5 rings (SSSR count). The number of pyridine rings is 1. The Balaban J connectivity index is 1.55. The van der Waals surface area contributed by atoms with Gasteiger partial charge in [-0.25, -0.2) is 9.78 Å². The van der Waals surface area contributed by atoms with E-state index in [-0.39, 0.29) is 5.91 Å².